The quantitative estimate of drug-likeness (QED) is 0.720. The first-order valence-electron chi connectivity index (χ1n) is 6.60. The zero-order chi connectivity index (χ0) is 13.6. The van der Waals surface area contributed by atoms with Gasteiger partial charge in [-0.25, -0.2) is 9.98 Å². The van der Waals surface area contributed by atoms with Crippen LogP contribution in [0.5, 0.6) is 0 Å². The molecule has 0 saturated heterocycles. The second-order valence-electron chi connectivity index (χ2n) is 7.13. The average molecular weight is 252 g/mol. The smallest absolute Gasteiger partial charge is 0.189 e. The fourth-order valence-electron chi connectivity index (χ4n) is 1.99. The Morgan fingerprint density at radius 2 is 1.11 bits per heavy atom. The molecule has 18 heavy (non-hydrogen) atoms. The largest absolute Gasteiger partial charge is 0.478 e. The van der Waals surface area contributed by atoms with Gasteiger partial charge in [-0.1, -0.05) is 41.5 Å². The van der Waals surface area contributed by atoms with Gasteiger partial charge >= 0.3 is 0 Å². The van der Waals surface area contributed by atoms with E-state index in [0.29, 0.717) is 13.2 Å². The highest BCUT2D eigenvalue weighted by Crippen LogP contribution is 2.28. The van der Waals surface area contributed by atoms with Crippen molar-refractivity contribution in [1.29, 1.82) is 0 Å². The molecule has 2 heterocycles. The van der Waals surface area contributed by atoms with Crippen LogP contribution in [0.4, 0.5) is 0 Å². The molecule has 0 aliphatic carbocycles. The minimum absolute atomic E-state index is 0.0230. The lowest BCUT2D eigenvalue weighted by Crippen LogP contribution is -2.25. The second-order valence-corrected chi connectivity index (χ2v) is 7.13. The van der Waals surface area contributed by atoms with E-state index in [-0.39, 0.29) is 22.9 Å². The van der Waals surface area contributed by atoms with Gasteiger partial charge in [0.15, 0.2) is 11.8 Å². The van der Waals surface area contributed by atoms with Crippen molar-refractivity contribution in [1.82, 2.24) is 0 Å². The van der Waals surface area contributed by atoms with Crippen LogP contribution < -0.4 is 0 Å². The van der Waals surface area contributed by atoms with E-state index in [0.717, 1.165) is 11.8 Å². The Bertz CT molecular complexity index is 348. The zero-order valence-electron chi connectivity index (χ0n) is 12.3. The third kappa shape index (κ3) is 2.68. The summed E-state index contributed by atoms with van der Waals surface area (Å²) in [4.78, 5) is 9.33. The Morgan fingerprint density at radius 1 is 0.778 bits per heavy atom. The Morgan fingerprint density at radius 3 is 1.33 bits per heavy atom. The van der Waals surface area contributed by atoms with Gasteiger partial charge in [-0.15, -0.1) is 0 Å². The summed E-state index contributed by atoms with van der Waals surface area (Å²) in [6.45, 7) is 13.9. The summed E-state index contributed by atoms with van der Waals surface area (Å²) in [7, 11) is 0. The molecule has 0 aromatic rings. The topological polar surface area (TPSA) is 43.2 Å². The van der Waals surface area contributed by atoms with Crippen LogP contribution in [0.15, 0.2) is 9.98 Å². The predicted octanol–water partition coefficient (Wildman–Crippen LogP) is 2.67. The molecule has 0 N–H and O–H groups in total. The molecular weight excluding hydrogens is 228 g/mol. The van der Waals surface area contributed by atoms with Crippen LogP contribution in [0, 0.1) is 10.8 Å². The fraction of sp³-hybridized carbons (Fsp3) is 0.857. The third-order valence-corrected chi connectivity index (χ3v) is 3.08. The number of nitrogens with zero attached hydrogens (tertiary/aromatic N) is 2. The first-order chi connectivity index (χ1) is 8.18. The highest BCUT2D eigenvalue weighted by Gasteiger charge is 2.37. The molecule has 0 fully saturated rings. The van der Waals surface area contributed by atoms with Crippen molar-refractivity contribution >= 4 is 11.8 Å². The van der Waals surface area contributed by atoms with Gasteiger partial charge in [-0.3, -0.25) is 0 Å². The van der Waals surface area contributed by atoms with Gasteiger partial charge in [0.2, 0.25) is 0 Å². The molecule has 0 amide bonds. The van der Waals surface area contributed by atoms with E-state index in [1.54, 1.807) is 0 Å². The Balaban J connectivity index is 2.08. The van der Waals surface area contributed by atoms with Gasteiger partial charge in [-0.05, 0) is 0 Å². The maximum atomic E-state index is 5.69. The van der Waals surface area contributed by atoms with Crippen LogP contribution in [0.25, 0.3) is 0 Å². The van der Waals surface area contributed by atoms with Crippen molar-refractivity contribution in [2.75, 3.05) is 13.2 Å². The molecule has 4 nitrogen and oxygen atoms in total. The van der Waals surface area contributed by atoms with E-state index < -0.39 is 0 Å². The molecule has 2 atom stereocenters. The molecule has 0 aromatic heterocycles. The van der Waals surface area contributed by atoms with Crippen molar-refractivity contribution in [3.63, 3.8) is 0 Å². The first-order valence-corrected chi connectivity index (χ1v) is 6.60. The standard InChI is InChI=1S/C14H24N2O2/c1-13(2,3)11-15-9(7-17-11)10-8-18-12(16-10)14(4,5)6/h9-10H,7-8H2,1-6H3/t9-,10-/m1/s1. The fourth-order valence-corrected chi connectivity index (χ4v) is 1.99. The SMILES string of the molecule is CC(C)(C)C1=N[C@@H]([C@H]2COC(C(C)(C)C)=N2)CO1. The van der Waals surface area contributed by atoms with E-state index >= 15 is 0 Å². The van der Waals surface area contributed by atoms with Gasteiger partial charge in [-0.2, -0.15) is 0 Å². The Labute approximate surface area is 109 Å². The third-order valence-electron chi connectivity index (χ3n) is 3.08. The first kappa shape index (κ1) is 13.4. The van der Waals surface area contributed by atoms with Crippen molar-refractivity contribution in [3.05, 3.63) is 0 Å². The maximum Gasteiger partial charge on any atom is 0.189 e. The lowest BCUT2D eigenvalue weighted by atomic mass is 9.96. The normalized spacial score (nSPS) is 28.6. The number of hydrogen-bond donors (Lipinski definition) is 0. The average Bonchev–Trinajstić information content (AvgIpc) is 2.84. The number of rotatable bonds is 1. The molecule has 2 rings (SSSR count). The van der Waals surface area contributed by atoms with Gasteiger partial charge in [0.05, 0.1) is 0 Å². The Kier molecular flexibility index (Phi) is 3.16. The Hall–Kier alpha value is -1.06. The summed E-state index contributed by atoms with van der Waals surface area (Å²) in [5.41, 5.74) is -0.0461. The summed E-state index contributed by atoms with van der Waals surface area (Å²) < 4.78 is 11.4. The van der Waals surface area contributed by atoms with Crippen LogP contribution in [-0.2, 0) is 9.47 Å². The molecule has 4 heteroatoms. The monoisotopic (exact) mass is 252 g/mol. The molecule has 0 saturated carbocycles. The zero-order valence-corrected chi connectivity index (χ0v) is 12.3. The van der Waals surface area contributed by atoms with E-state index in [1.807, 2.05) is 0 Å². The molecule has 2 aliphatic rings. The summed E-state index contributed by atoms with van der Waals surface area (Å²) in [6, 6.07) is 0.221. The summed E-state index contributed by atoms with van der Waals surface area (Å²) >= 11 is 0. The lowest BCUT2D eigenvalue weighted by Gasteiger charge is -2.16. The van der Waals surface area contributed by atoms with Crippen molar-refractivity contribution in [2.45, 2.75) is 53.6 Å². The molecule has 0 spiro atoms. The van der Waals surface area contributed by atoms with Gasteiger partial charge in [0.25, 0.3) is 0 Å². The van der Waals surface area contributed by atoms with Gasteiger partial charge < -0.3 is 9.47 Å². The second kappa shape index (κ2) is 4.25. The van der Waals surface area contributed by atoms with Crippen LogP contribution in [0.3, 0.4) is 0 Å². The van der Waals surface area contributed by atoms with Crippen LogP contribution in [0.1, 0.15) is 41.5 Å². The van der Waals surface area contributed by atoms with Crippen LogP contribution >= 0.6 is 0 Å². The van der Waals surface area contributed by atoms with Gasteiger partial charge in [0, 0.05) is 10.8 Å². The van der Waals surface area contributed by atoms with E-state index in [1.165, 1.54) is 0 Å². The highest BCUT2D eigenvalue weighted by molar-refractivity contribution is 5.84. The maximum absolute atomic E-state index is 5.69. The molecule has 0 bridgehead atoms. The molecular formula is C14H24N2O2. The van der Waals surface area contributed by atoms with Crippen molar-refractivity contribution in [2.24, 2.45) is 20.8 Å². The van der Waals surface area contributed by atoms with Crippen LogP contribution in [0.2, 0.25) is 0 Å². The number of ether oxygens (including phenoxy) is 2. The molecule has 0 unspecified atom stereocenters. The molecule has 0 radical (unpaired) electrons. The van der Waals surface area contributed by atoms with E-state index in [9.17, 15) is 0 Å². The number of hydrogen-bond acceptors (Lipinski definition) is 4. The number of aliphatic imine (C=N–C) groups is 2. The minimum Gasteiger partial charge on any atom is -0.478 e. The van der Waals surface area contributed by atoms with Crippen molar-refractivity contribution in [3.8, 4) is 0 Å². The molecule has 2 aliphatic heterocycles. The van der Waals surface area contributed by atoms with E-state index in [2.05, 4.69) is 51.5 Å². The summed E-state index contributed by atoms with van der Waals surface area (Å²) in [5.74, 6) is 1.68. The van der Waals surface area contributed by atoms with Gasteiger partial charge in [0.1, 0.15) is 25.3 Å². The predicted molar refractivity (Wildman–Crippen MR) is 73.3 cm³/mol. The minimum atomic E-state index is -0.0230. The molecule has 102 valence electrons. The van der Waals surface area contributed by atoms with Crippen LogP contribution in [-0.4, -0.2) is 37.1 Å². The summed E-state index contributed by atoms with van der Waals surface area (Å²) in [6.07, 6.45) is 0. The summed E-state index contributed by atoms with van der Waals surface area (Å²) in [5, 5.41) is 0. The van der Waals surface area contributed by atoms with Crippen molar-refractivity contribution < 1.29 is 9.47 Å². The lowest BCUT2D eigenvalue weighted by molar-refractivity contribution is 0.241. The molecule has 0 aromatic carbocycles. The highest BCUT2D eigenvalue weighted by atomic mass is 16.5. The van der Waals surface area contributed by atoms with E-state index in [4.69, 9.17) is 9.47 Å².